The molecule has 1 N–H and O–H groups in total. The Morgan fingerprint density at radius 3 is 2.90 bits per heavy atom. The van der Waals surface area contributed by atoms with Crippen LogP contribution in [0.5, 0.6) is 0 Å². The molecule has 0 amide bonds. The maximum Gasteiger partial charge on any atom is 0.338 e. The summed E-state index contributed by atoms with van der Waals surface area (Å²) in [5, 5.41) is 17.6. The molecule has 2 saturated carbocycles. The van der Waals surface area contributed by atoms with Gasteiger partial charge >= 0.3 is 5.97 Å². The van der Waals surface area contributed by atoms with Crippen molar-refractivity contribution in [2.45, 2.75) is 38.6 Å². The van der Waals surface area contributed by atoms with E-state index < -0.39 is 5.97 Å². The third kappa shape index (κ3) is 1.87. The van der Waals surface area contributed by atoms with Gasteiger partial charge < -0.3 is 5.11 Å². The molecule has 2 aromatic rings. The minimum absolute atomic E-state index is 0.235. The molecule has 5 nitrogen and oxygen atoms in total. The normalized spacial score (nSPS) is 29.1. The second kappa shape index (κ2) is 4.55. The molecule has 1 aromatic carbocycles. The molecule has 110 valence electrons. The van der Waals surface area contributed by atoms with Crippen LogP contribution in [-0.2, 0) is 0 Å². The lowest BCUT2D eigenvalue weighted by Crippen LogP contribution is -2.22. The van der Waals surface area contributed by atoms with Gasteiger partial charge in [0.1, 0.15) is 5.52 Å². The number of carboxylic acids is 1. The Hall–Kier alpha value is -1.91. The van der Waals surface area contributed by atoms with E-state index in [1.165, 1.54) is 25.7 Å². The fourth-order valence-electron chi connectivity index (χ4n) is 4.50. The second-order valence-electron chi connectivity index (χ2n) is 6.59. The van der Waals surface area contributed by atoms with Gasteiger partial charge in [0, 0.05) is 0 Å². The molecule has 4 atom stereocenters. The Morgan fingerprint density at radius 1 is 1.38 bits per heavy atom. The van der Waals surface area contributed by atoms with E-state index in [0.29, 0.717) is 11.4 Å². The summed E-state index contributed by atoms with van der Waals surface area (Å²) in [6.45, 7) is 2.20. The molecule has 2 aliphatic rings. The van der Waals surface area contributed by atoms with Gasteiger partial charge in [0.15, 0.2) is 0 Å². The minimum Gasteiger partial charge on any atom is -0.478 e. The van der Waals surface area contributed by atoms with Crippen LogP contribution in [0.25, 0.3) is 11.0 Å². The van der Waals surface area contributed by atoms with Gasteiger partial charge in [0.05, 0.1) is 17.1 Å². The lowest BCUT2D eigenvalue weighted by atomic mass is 9.84. The zero-order valence-corrected chi connectivity index (χ0v) is 12.1. The Balaban J connectivity index is 1.74. The number of benzene rings is 1. The zero-order valence-electron chi connectivity index (χ0n) is 12.1. The fourth-order valence-corrected chi connectivity index (χ4v) is 4.50. The van der Waals surface area contributed by atoms with Crippen molar-refractivity contribution in [3.8, 4) is 0 Å². The van der Waals surface area contributed by atoms with E-state index in [1.54, 1.807) is 12.1 Å². The first-order valence-corrected chi connectivity index (χ1v) is 7.72. The van der Waals surface area contributed by atoms with Crippen molar-refractivity contribution in [1.29, 1.82) is 0 Å². The molecule has 2 bridgehead atoms. The number of hydrogen-bond acceptors (Lipinski definition) is 3. The van der Waals surface area contributed by atoms with Crippen molar-refractivity contribution in [2.75, 3.05) is 0 Å². The maximum absolute atomic E-state index is 11.3. The van der Waals surface area contributed by atoms with Crippen LogP contribution in [0, 0.1) is 17.8 Å². The van der Waals surface area contributed by atoms with Crippen LogP contribution in [-0.4, -0.2) is 26.1 Å². The molecule has 0 saturated heterocycles. The van der Waals surface area contributed by atoms with Gasteiger partial charge in [-0.2, -0.15) is 0 Å². The number of hydrogen-bond donors (Lipinski definition) is 1. The molecular weight excluding hydrogens is 266 g/mol. The summed E-state index contributed by atoms with van der Waals surface area (Å²) in [5.74, 6) is 1.42. The number of aromatic nitrogens is 3. The second-order valence-corrected chi connectivity index (χ2v) is 6.59. The number of fused-ring (bicyclic) bond motifs is 3. The largest absolute Gasteiger partial charge is 0.478 e. The van der Waals surface area contributed by atoms with Crippen molar-refractivity contribution in [3.05, 3.63) is 23.8 Å². The Morgan fingerprint density at radius 2 is 2.24 bits per heavy atom. The summed E-state index contributed by atoms with van der Waals surface area (Å²) >= 11 is 0. The van der Waals surface area contributed by atoms with Crippen molar-refractivity contribution in [1.82, 2.24) is 15.0 Å². The van der Waals surface area contributed by atoms with E-state index in [1.807, 2.05) is 10.7 Å². The average Bonchev–Trinajstić information content (AvgIpc) is 3.20. The van der Waals surface area contributed by atoms with E-state index in [0.717, 1.165) is 17.4 Å². The lowest BCUT2D eigenvalue weighted by Gasteiger charge is -2.28. The monoisotopic (exact) mass is 285 g/mol. The van der Waals surface area contributed by atoms with Gasteiger partial charge in [-0.05, 0) is 56.1 Å². The first kappa shape index (κ1) is 12.8. The summed E-state index contributed by atoms with van der Waals surface area (Å²) < 4.78 is 1.94. The average molecular weight is 285 g/mol. The zero-order chi connectivity index (χ0) is 14.6. The van der Waals surface area contributed by atoms with Gasteiger partial charge in [-0.3, -0.25) is 0 Å². The number of nitrogens with zero attached hydrogens (tertiary/aromatic N) is 3. The van der Waals surface area contributed by atoms with Gasteiger partial charge in [0.2, 0.25) is 0 Å². The Kier molecular flexibility index (Phi) is 2.77. The lowest BCUT2D eigenvalue weighted by molar-refractivity contribution is 0.0699. The molecule has 1 heterocycles. The molecule has 0 spiro atoms. The third-order valence-electron chi connectivity index (χ3n) is 5.53. The molecule has 1 aromatic heterocycles. The smallest absolute Gasteiger partial charge is 0.338 e. The van der Waals surface area contributed by atoms with Gasteiger partial charge in [-0.1, -0.05) is 17.7 Å². The SMILES string of the molecule is CC(C1CC2CCC1C2)n1nnc2c(C(=O)O)cccc21. The highest BCUT2D eigenvalue weighted by Gasteiger charge is 2.42. The molecular formula is C16H19N3O2. The third-order valence-corrected chi connectivity index (χ3v) is 5.53. The number of aromatic carboxylic acids is 1. The topological polar surface area (TPSA) is 68.0 Å². The van der Waals surface area contributed by atoms with E-state index in [9.17, 15) is 9.90 Å². The van der Waals surface area contributed by atoms with Crippen LogP contribution >= 0.6 is 0 Å². The summed E-state index contributed by atoms with van der Waals surface area (Å²) in [4.78, 5) is 11.3. The molecule has 4 unspecified atom stereocenters. The first-order valence-electron chi connectivity index (χ1n) is 7.72. The van der Waals surface area contributed by atoms with Crippen LogP contribution in [0.1, 0.15) is 49.0 Å². The molecule has 4 rings (SSSR count). The van der Waals surface area contributed by atoms with Crippen molar-refractivity contribution in [3.63, 3.8) is 0 Å². The van der Waals surface area contributed by atoms with Crippen LogP contribution < -0.4 is 0 Å². The van der Waals surface area contributed by atoms with Gasteiger partial charge in [0.25, 0.3) is 0 Å². The predicted molar refractivity (Wildman–Crippen MR) is 78.1 cm³/mol. The van der Waals surface area contributed by atoms with Crippen LogP contribution in [0.3, 0.4) is 0 Å². The van der Waals surface area contributed by atoms with Crippen LogP contribution in [0.2, 0.25) is 0 Å². The highest BCUT2D eigenvalue weighted by atomic mass is 16.4. The maximum atomic E-state index is 11.3. The van der Waals surface area contributed by atoms with Crippen molar-refractivity contribution in [2.24, 2.45) is 17.8 Å². The summed E-state index contributed by atoms with van der Waals surface area (Å²) in [7, 11) is 0. The van der Waals surface area contributed by atoms with Crippen LogP contribution in [0.15, 0.2) is 18.2 Å². The van der Waals surface area contributed by atoms with Crippen LogP contribution in [0.4, 0.5) is 0 Å². The number of carboxylic acid groups (broad SMARTS) is 1. The summed E-state index contributed by atoms with van der Waals surface area (Å²) in [5.41, 5.74) is 1.57. The van der Waals surface area contributed by atoms with E-state index in [4.69, 9.17) is 0 Å². The quantitative estimate of drug-likeness (QED) is 0.940. The van der Waals surface area contributed by atoms with Crippen molar-refractivity contribution < 1.29 is 9.90 Å². The molecule has 21 heavy (non-hydrogen) atoms. The van der Waals surface area contributed by atoms with Crippen molar-refractivity contribution >= 4 is 17.0 Å². The fraction of sp³-hybridized carbons (Fsp3) is 0.562. The molecule has 5 heteroatoms. The van der Waals surface area contributed by atoms with E-state index in [-0.39, 0.29) is 11.6 Å². The highest BCUT2D eigenvalue weighted by Crippen LogP contribution is 2.52. The van der Waals surface area contributed by atoms with E-state index in [2.05, 4.69) is 17.2 Å². The first-order chi connectivity index (χ1) is 10.1. The summed E-state index contributed by atoms with van der Waals surface area (Å²) in [6.07, 6.45) is 5.37. The minimum atomic E-state index is -0.944. The molecule has 2 aliphatic carbocycles. The Bertz CT molecular complexity index is 709. The predicted octanol–water partition coefficient (Wildman–Crippen LogP) is 3.13. The Labute approximate surface area is 123 Å². The number of carbonyl (C=O) groups is 1. The molecule has 0 aliphatic heterocycles. The summed E-state index contributed by atoms with van der Waals surface area (Å²) in [6, 6.07) is 5.57. The van der Waals surface area contributed by atoms with Gasteiger partial charge in [-0.25, -0.2) is 9.48 Å². The van der Waals surface area contributed by atoms with Gasteiger partial charge in [-0.15, -0.1) is 5.10 Å². The standard InChI is InChI=1S/C16H19N3O2/c1-9(13-8-10-5-6-11(13)7-10)19-14-4-2-3-12(16(20)21)15(14)17-18-19/h2-4,9-11,13H,5-8H2,1H3,(H,20,21). The molecule has 0 radical (unpaired) electrons. The number of rotatable bonds is 3. The highest BCUT2D eigenvalue weighted by molar-refractivity contribution is 6.00. The molecule has 2 fully saturated rings. The van der Waals surface area contributed by atoms with E-state index >= 15 is 0 Å².